The maximum atomic E-state index is 12.8. The SMILES string of the molecule is C.COC(=O)C12CCC(CNC(=O)c3cc(C(=O)O)nc4ccnn34)(CC1)CC2.NCc1ccc(F)c(F)c1. The molecule has 3 saturated carbocycles. The first-order valence-electron chi connectivity index (χ1n) is 12.2. The molecule has 3 aromatic rings. The molecule has 0 unspecified atom stereocenters. The summed E-state index contributed by atoms with van der Waals surface area (Å²) in [6.45, 7) is 0.716. The van der Waals surface area contributed by atoms with Gasteiger partial charge in [0.05, 0.1) is 18.7 Å². The lowest BCUT2D eigenvalue weighted by molar-refractivity contribution is -0.162. The second kappa shape index (κ2) is 11.9. The number of fused-ring (bicyclic) bond motifs is 4. The number of nitrogens with two attached hydrogens (primary N) is 1. The Labute approximate surface area is 224 Å². The number of methoxy groups -OCH3 is 1. The van der Waals surface area contributed by atoms with Gasteiger partial charge < -0.3 is 20.9 Å². The van der Waals surface area contributed by atoms with Crippen LogP contribution in [0.1, 0.15) is 72.5 Å². The molecule has 0 spiro atoms. The molecule has 0 aliphatic heterocycles. The van der Waals surface area contributed by atoms with Gasteiger partial charge in [-0.05, 0) is 61.6 Å². The van der Waals surface area contributed by atoms with Crippen LogP contribution in [0.2, 0.25) is 0 Å². The summed E-state index contributed by atoms with van der Waals surface area (Å²) < 4.78 is 30.9. The van der Waals surface area contributed by atoms with Crippen LogP contribution in [0.4, 0.5) is 8.78 Å². The zero-order valence-electron chi connectivity index (χ0n) is 20.9. The smallest absolute Gasteiger partial charge is 0.354 e. The van der Waals surface area contributed by atoms with Crippen LogP contribution in [0, 0.1) is 22.5 Å². The molecule has 3 aliphatic carbocycles. The third-order valence-electron chi connectivity index (χ3n) is 7.67. The Morgan fingerprint density at radius 2 is 1.74 bits per heavy atom. The molecular weight excluding hydrogens is 512 g/mol. The van der Waals surface area contributed by atoms with Crippen molar-refractivity contribution in [3.05, 3.63) is 65.1 Å². The normalized spacial score (nSPS) is 21.3. The molecule has 0 saturated heterocycles. The molecule has 3 aliphatic rings. The van der Waals surface area contributed by atoms with Crippen LogP contribution in [0.3, 0.4) is 0 Å². The Hall–Kier alpha value is -3.93. The minimum absolute atomic E-state index is 0. The lowest BCUT2D eigenvalue weighted by Crippen LogP contribution is -2.50. The molecule has 0 atom stereocenters. The van der Waals surface area contributed by atoms with Crippen molar-refractivity contribution in [2.45, 2.75) is 52.5 Å². The van der Waals surface area contributed by atoms with Crippen LogP contribution >= 0.6 is 0 Å². The van der Waals surface area contributed by atoms with Gasteiger partial charge >= 0.3 is 11.9 Å². The quantitative estimate of drug-likeness (QED) is 0.397. The van der Waals surface area contributed by atoms with Crippen LogP contribution in [-0.2, 0) is 16.1 Å². The number of ether oxygens (including phenoxy) is 1. The maximum Gasteiger partial charge on any atom is 0.354 e. The van der Waals surface area contributed by atoms with Crippen molar-refractivity contribution in [3.8, 4) is 0 Å². The molecule has 2 aromatic heterocycles. The number of hydrogen-bond donors (Lipinski definition) is 3. The van der Waals surface area contributed by atoms with Crippen molar-refractivity contribution in [2.24, 2.45) is 16.6 Å². The molecular formula is C27H33F2N5O5. The van der Waals surface area contributed by atoms with Crippen molar-refractivity contribution in [3.63, 3.8) is 0 Å². The molecule has 12 heteroatoms. The van der Waals surface area contributed by atoms with Gasteiger partial charge in [0.1, 0.15) is 5.69 Å². The number of rotatable bonds is 6. The number of halogens is 2. The third kappa shape index (κ3) is 6.06. The summed E-state index contributed by atoms with van der Waals surface area (Å²) in [5, 5.41) is 16.3. The third-order valence-corrected chi connectivity index (χ3v) is 7.67. The van der Waals surface area contributed by atoms with Gasteiger partial charge in [0.25, 0.3) is 5.91 Å². The maximum absolute atomic E-state index is 12.8. The van der Waals surface area contributed by atoms with Gasteiger partial charge in [0.2, 0.25) is 0 Å². The molecule has 6 rings (SSSR count). The molecule has 2 heterocycles. The van der Waals surface area contributed by atoms with E-state index < -0.39 is 17.6 Å². The van der Waals surface area contributed by atoms with Crippen molar-refractivity contribution in [1.82, 2.24) is 19.9 Å². The van der Waals surface area contributed by atoms with Gasteiger partial charge in [-0.1, -0.05) is 13.5 Å². The molecule has 39 heavy (non-hydrogen) atoms. The summed E-state index contributed by atoms with van der Waals surface area (Å²) in [7, 11) is 1.43. The Balaban J connectivity index is 0.000000324. The number of hydrogen-bond acceptors (Lipinski definition) is 7. The Morgan fingerprint density at radius 1 is 1.08 bits per heavy atom. The van der Waals surface area contributed by atoms with Crippen molar-refractivity contribution in [1.29, 1.82) is 0 Å². The number of benzene rings is 1. The van der Waals surface area contributed by atoms with E-state index >= 15 is 0 Å². The number of amides is 1. The van der Waals surface area contributed by atoms with Gasteiger partial charge in [0, 0.05) is 25.2 Å². The van der Waals surface area contributed by atoms with E-state index in [0.29, 0.717) is 17.8 Å². The Bertz CT molecular complexity index is 1350. The molecule has 10 nitrogen and oxygen atoms in total. The van der Waals surface area contributed by atoms with E-state index in [-0.39, 0.29) is 48.1 Å². The number of carboxylic acid groups (broad SMARTS) is 1. The van der Waals surface area contributed by atoms with Gasteiger partial charge in [-0.3, -0.25) is 9.59 Å². The fourth-order valence-electron chi connectivity index (χ4n) is 5.26. The summed E-state index contributed by atoms with van der Waals surface area (Å²) in [4.78, 5) is 40.2. The van der Waals surface area contributed by atoms with E-state index in [2.05, 4.69) is 15.4 Å². The fraction of sp³-hybridized carbons (Fsp3) is 0.444. The number of aromatic carboxylic acids is 1. The standard InChI is InChI=1S/C19H22N4O5.C7H7F2N.CH4/c1-28-17(27)19-6-3-18(4-7-19,5-8-19)11-20-15(24)13-10-12(16(25)26)22-14-2-9-21-23(13)14;8-6-2-1-5(4-10)3-7(6)9;/h2,9-10H,3-8,11H2,1H3,(H,20,24)(H,25,26);1-3H,4,10H2;1H4. The molecule has 2 bridgehead atoms. The summed E-state index contributed by atoms with van der Waals surface area (Å²) >= 11 is 0. The summed E-state index contributed by atoms with van der Waals surface area (Å²) in [5.41, 5.74) is 5.63. The van der Waals surface area contributed by atoms with Crippen LogP contribution in [0.25, 0.3) is 5.65 Å². The second-order valence-electron chi connectivity index (χ2n) is 9.84. The zero-order chi connectivity index (χ0) is 27.5. The molecule has 4 N–H and O–H groups in total. The predicted octanol–water partition coefficient (Wildman–Crippen LogP) is 3.73. The Morgan fingerprint density at radius 3 is 2.31 bits per heavy atom. The summed E-state index contributed by atoms with van der Waals surface area (Å²) in [5.74, 6) is -3.39. The van der Waals surface area contributed by atoms with Gasteiger partial charge in [-0.25, -0.2) is 23.1 Å². The Kier molecular flexibility index (Phi) is 9.00. The monoisotopic (exact) mass is 545 g/mol. The average Bonchev–Trinajstić information content (AvgIpc) is 3.42. The van der Waals surface area contributed by atoms with Gasteiger partial charge in [0.15, 0.2) is 23.0 Å². The average molecular weight is 546 g/mol. The van der Waals surface area contributed by atoms with Gasteiger partial charge in [-0.2, -0.15) is 5.10 Å². The van der Waals surface area contributed by atoms with E-state index in [1.165, 1.54) is 30.0 Å². The number of carbonyl (C=O) groups excluding carboxylic acids is 2. The van der Waals surface area contributed by atoms with E-state index in [0.717, 1.165) is 50.7 Å². The fourth-order valence-corrected chi connectivity index (χ4v) is 5.26. The number of carboxylic acids is 1. The lowest BCUT2D eigenvalue weighted by Gasteiger charge is -2.51. The first-order chi connectivity index (χ1) is 18.1. The number of aromatic nitrogens is 3. The van der Waals surface area contributed by atoms with Gasteiger partial charge in [-0.15, -0.1) is 0 Å². The summed E-state index contributed by atoms with van der Waals surface area (Å²) in [6.07, 6.45) is 6.37. The van der Waals surface area contributed by atoms with Crippen LogP contribution in [-0.4, -0.2) is 51.2 Å². The van der Waals surface area contributed by atoms with Crippen LogP contribution in [0.5, 0.6) is 0 Å². The molecule has 3 fully saturated rings. The number of nitrogens with one attached hydrogen (secondary N) is 1. The number of nitrogens with zero attached hydrogens (tertiary/aromatic N) is 3. The van der Waals surface area contributed by atoms with E-state index in [4.69, 9.17) is 10.5 Å². The van der Waals surface area contributed by atoms with Crippen molar-refractivity contribution < 1.29 is 33.0 Å². The first kappa shape index (κ1) is 29.6. The first-order valence-corrected chi connectivity index (χ1v) is 12.2. The van der Waals surface area contributed by atoms with Crippen LogP contribution in [0.15, 0.2) is 36.5 Å². The van der Waals surface area contributed by atoms with E-state index in [1.807, 2.05) is 0 Å². The van der Waals surface area contributed by atoms with Crippen LogP contribution < -0.4 is 11.1 Å². The zero-order valence-corrected chi connectivity index (χ0v) is 20.9. The summed E-state index contributed by atoms with van der Waals surface area (Å²) in [6, 6.07) is 6.40. The number of carbonyl (C=O) groups is 3. The highest BCUT2D eigenvalue weighted by Crippen LogP contribution is 2.57. The lowest BCUT2D eigenvalue weighted by atomic mass is 9.53. The molecule has 210 valence electrons. The number of esters is 1. The minimum atomic E-state index is -1.20. The van der Waals surface area contributed by atoms with E-state index in [1.54, 1.807) is 6.07 Å². The highest BCUT2D eigenvalue weighted by Gasteiger charge is 2.53. The molecule has 0 radical (unpaired) electrons. The topological polar surface area (TPSA) is 149 Å². The second-order valence-corrected chi connectivity index (χ2v) is 9.84. The minimum Gasteiger partial charge on any atom is -0.477 e. The molecule has 1 aromatic carbocycles. The predicted molar refractivity (Wildman–Crippen MR) is 138 cm³/mol. The van der Waals surface area contributed by atoms with Crippen molar-refractivity contribution >= 4 is 23.5 Å². The molecule has 1 amide bonds. The highest BCUT2D eigenvalue weighted by molar-refractivity contribution is 5.96. The largest absolute Gasteiger partial charge is 0.477 e. The van der Waals surface area contributed by atoms with E-state index in [9.17, 15) is 28.3 Å². The highest BCUT2D eigenvalue weighted by atomic mass is 19.2. The van der Waals surface area contributed by atoms with Crippen molar-refractivity contribution in [2.75, 3.05) is 13.7 Å².